The number of rotatable bonds is 4. The molecule has 1 nitrogen and oxygen atoms in total. The van der Waals surface area contributed by atoms with Crippen LogP contribution in [-0.4, -0.2) is 11.2 Å². The molecule has 2 rings (SSSR count). The molecule has 0 bridgehead atoms. The van der Waals surface area contributed by atoms with Gasteiger partial charge in [-0.15, -0.1) is 0 Å². The normalized spacial score (nSPS) is 18.8. The van der Waals surface area contributed by atoms with Gasteiger partial charge >= 0.3 is 0 Å². The molecule has 0 saturated heterocycles. The third-order valence-electron chi connectivity index (χ3n) is 3.72. The summed E-state index contributed by atoms with van der Waals surface area (Å²) in [6, 6.07) is 3.46. The Morgan fingerprint density at radius 3 is 2.28 bits per heavy atom. The third-order valence-corrected chi connectivity index (χ3v) is 3.72. The quantitative estimate of drug-likeness (QED) is 0.865. The molecule has 18 heavy (non-hydrogen) atoms. The van der Waals surface area contributed by atoms with Crippen LogP contribution in [0.15, 0.2) is 18.2 Å². The summed E-state index contributed by atoms with van der Waals surface area (Å²) in [5.41, 5.74) is 0.538. The van der Waals surface area contributed by atoms with Crippen molar-refractivity contribution in [1.29, 1.82) is 0 Å². The highest BCUT2D eigenvalue weighted by Crippen LogP contribution is 2.28. The monoisotopic (exact) mass is 254 g/mol. The van der Waals surface area contributed by atoms with Crippen LogP contribution in [0.5, 0.6) is 0 Å². The summed E-state index contributed by atoms with van der Waals surface area (Å²) in [6.45, 7) is 0. The van der Waals surface area contributed by atoms with Crippen LogP contribution in [0.25, 0.3) is 0 Å². The molecule has 1 saturated carbocycles. The van der Waals surface area contributed by atoms with E-state index < -0.39 is 17.7 Å². The van der Waals surface area contributed by atoms with E-state index in [2.05, 4.69) is 0 Å². The number of hydrogen-bond donors (Lipinski definition) is 1. The lowest BCUT2D eigenvalue weighted by Crippen LogP contribution is -2.18. The number of halogens is 2. The highest BCUT2D eigenvalue weighted by atomic mass is 19.1. The van der Waals surface area contributed by atoms with E-state index in [1.54, 1.807) is 0 Å². The average molecular weight is 254 g/mol. The Morgan fingerprint density at radius 1 is 1.06 bits per heavy atom. The number of hydrogen-bond acceptors (Lipinski definition) is 1. The van der Waals surface area contributed by atoms with Gasteiger partial charge in [0.25, 0.3) is 0 Å². The van der Waals surface area contributed by atoms with Crippen LogP contribution >= 0.6 is 0 Å². The van der Waals surface area contributed by atoms with Crippen LogP contribution in [-0.2, 0) is 6.42 Å². The van der Waals surface area contributed by atoms with Crippen LogP contribution in [0.1, 0.15) is 44.1 Å². The molecule has 0 amide bonds. The molecule has 3 heteroatoms. The van der Waals surface area contributed by atoms with E-state index in [4.69, 9.17) is 0 Å². The van der Waals surface area contributed by atoms with Gasteiger partial charge in [0, 0.05) is 6.07 Å². The van der Waals surface area contributed by atoms with Gasteiger partial charge in [0.1, 0.15) is 11.6 Å². The number of benzene rings is 1. The average Bonchev–Trinajstić information content (AvgIpc) is 2.28. The second kappa shape index (κ2) is 6.28. The molecule has 1 fully saturated rings. The number of aliphatic hydroxyl groups excluding tert-OH is 1. The topological polar surface area (TPSA) is 20.2 Å². The van der Waals surface area contributed by atoms with E-state index in [9.17, 15) is 13.9 Å². The lowest BCUT2D eigenvalue weighted by atomic mass is 9.84. The molecule has 0 spiro atoms. The van der Waals surface area contributed by atoms with E-state index in [-0.39, 0.29) is 0 Å². The van der Waals surface area contributed by atoms with Crippen molar-refractivity contribution in [2.24, 2.45) is 5.92 Å². The summed E-state index contributed by atoms with van der Waals surface area (Å²) in [6.07, 6.45) is 6.72. The maximum absolute atomic E-state index is 13.0. The van der Waals surface area contributed by atoms with Gasteiger partial charge < -0.3 is 5.11 Å². The van der Waals surface area contributed by atoms with Crippen molar-refractivity contribution in [3.05, 3.63) is 35.4 Å². The minimum absolute atomic E-state index is 0.338. The highest BCUT2D eigenvalue weighted by molar-refractivity contribution is 5.18. The molecule has 1 atom stereocenters. The first-order chi connectivity index (χ1) is 8.63. The molecular formula is C15H20F2O. The fraction of sp³-hybridized carbons (Fsp3) is 0.600. The summed E-state index contributed by atoms with van der Waals surface area (Å²) in [7, 11) is 0. The molecule has 100 valence electrons. The molecule has 1 unspecified atom stereocenters. The van der Waals surface area contributed by atoms with Crippen molar-refractivity contribution in [2.45, 2.75) is 51.0 Å². The zero-order valence-corrected chi connectivity index (χ0v) is 10.5. The predicted octanol–water partition coefficient (Wildman–Crippen LogP) is 3.84. The Kier molecular flexibility index (Phi) is 4.70. The van der Waals surface area contributed by atoms with Crippen molar-refractivity contribution in [2.75, 3.05) is 0 Å². The third kappa shape index (κ3) is 4.05. The predicted molar refractivity (Wildman–Crippen MR) is 67.3 cm³/mol. The molecule has 0 aliphatic heterocycles. The van der Waals surface area contributed by atoms with Gasteiger partial charge in [-0.3, -0.25) is 0 Å². The van der Waals surface area contributed by atoms with Gasteiger partial charge in [0.05, 0.1) is 6.10 Å². The minimum Gasteiger partial charge on any atom is -0.393 e. The summed E-state index contributed by atoms with van der Waals surface area (Å²) < 4.78 is 26.0. The number of aliphatic hydroxyl groups is 1. The second-order valence-corrected chi connectivity index (χ2v) is 5.38. The Morgan fingerprint density at radius 2 is 1.67 bits per heavy atom. The van der Waals surface area contributed by atoms with Gasteiger partial charge in [-0.25, -0.2) is 8.78 Å². The van der Waals surface area contributed by atoms with Gasteiger partial charge in [-0.2, -0.15) is 0 Å². The maximum Gasteiger partial charge on any atom is 0.126 e. The fourth-order valence-corrected chi connectivity index (χ4v) is 2.89. The van der Waals surface area contributed by atoms with Gasteiger partial charge in [-0.05, 0) is 36.5 Å². The van der Waals surface area contributed by atoms with Crippen LogP contribution in [0, 0.1) is 17.6 Å². The van der Waals surface area contributed by atoms with Crippen molar-refractivity contribution >= 4 is 0 Å². The summed E-state index contributed by atoms with van der Waals surface area (Å²) in [5, 5.41) is 9.99. The summed E-state index contributed by atoms with van der Waals surface area (Å²) in [5.74, 6) is -0.572. The first kappa shape index (κ1) is 13.5. The molecule has 1 aromatic rings. The molecule has 0 radical (unpaired) electrons. The lowest BCUT2D eigenvalue weighted by molar-refractivity contribution is 0.130. The van der Waals surface area contributed by atoms with Crippen molar-refractivity contribution in [3.63, 3.8) is 0 Å². The van der Waals surface area contributed by atoms with E-state index in [0.717, 1.165) is 12.5 Å². The second-order valence-electron chi connectivity index (χ2n) is 5.38. The molecular weight excluding hydrogens is 234 g/mol. The van der Waals surface area contributed by atoms with Gasteiger partial charge in [0.15, 0.2) is 0 Å². The SMILES string of the molecule is OC(Cc1cc(F)cc(F)c1)CC1CCCCC1. The molecule has 0 aromatic heterocycles. The smallest absolute Gasteiger partial charge is 0.126 e. The zero-order chi connectivity index (χ0) is 13.0. The molecule has 1 aliphatic rings. The van der Waals surface area contributed by atoms with Crippen LogP contribution in [0.3, 0.4) is 0 Å². The Balaban J connectivity index is 1.87. The van der Waals surface area contributed by atoms with Crippen LogP contribution in [0.4, 0.5) is 8.78 Å². The van der Waals surface area contributed by atoms with Crippen LogP contribution < -0.4 is 0 Å². The summed E-state index contributed by atoms with van der Waals surface area (Å²) in [4.78, 5) is 0. The Labute approximate surface area is 107 Å². The molecule has 1 aliphatic carbocycles. The Bertz CT molecular complexity index is 366. The first-order valence-corrected chi connectivity index (χ1v) is 6.76. The fourth-order valence-electron chi connectivity index (χ4n) is 2.89. The van der Waals surface area contributed by atoms with Crippen molar-refractivity contribution < 1.29 is 13.9 Å². The summed E-state index contributed by atoms with van der Waals surface area (Å²) >= 11 is 0. The Hall–Kier alpha value is -0.960. The van der Waals surface area contributed by atoms with E-state index in [0.29, 0.717) is 17.9 Å². The van der Waals surface area contributed by atoms with Crippen LogP contribution in [0.2, 0.25) is 0 Å². The maximum atomic E-state index is 13.0. The van der Waals surface area contributed by atoms with E-state index in [1.807, 2.05) is 0 Å². The lowest BCUT2D eigenvalue weighted by Gasteiger charge is -2.24. The molecule has 1 aromatic carbocycles. The largest absolute Gasteiger partial charge is 0.393 e. The molecule has 0 heterocycles. The van der Waals surface area contributed by atoms with Crippen molar-refractivity contribution in [3.8, 4) is 0 Å². The van der Waals surface area contributed by atoms with Gasteiger partial charge in [0.2, 0.25) is 0 Å². The van der Waals surface area contributed by atoms with Crippen molar-refractivity contribution in [1.82, 2.24) is 0 Å². The zero-order valence-electron chi connectivity index (χ0n) is 10.5. The molecule has 1 N–H and O–H groups in total. The van der Waals surface area contributed by atoms with E-state index >= 15 is 0 Å². The van der Waals surface area contributed by atoms with E-state index in [1.165, 1.54) is 44.2 Å². The highest BCUT2D eigenvalue weighted by Gasteiger charge is 2.18. The van der Waals surface area contributed by atoms with Gasteiger partial charge in [-0.1, -0.05) is 32.1 Å². The minimum atomic E-state index is -0.574. The standard InChI is InChI=1S/C15H20F2O/c16-13-6-12(7-14(17)10-13)9-15(18)8-11-4-2-1-3-5-11/h6-7,10-11,15,18H,1-5,8-9H2. The first-order valence-electron chi connectivity index (χ1n) is 6.76.